The Balaban J connectivity index is 2.69. The molecule has 0 saturated carbocycles. The molecule has 0 aromatic carbocycles. The van der Waals surface area contributed by atoms with Gasteiger partial charge in [-0.05, 0) is 13.3 Å². The van der Waals surface area contributed by atoms with Gasteiger partial charge in [0.1, 0.15) is 0 Å². The lowest BCUT2D eigenvalue weighted by Crippen LogP contribution is -2.03. The standard InChI is InChI=1S/C12H21NO4/c1-3-4-5-6-7-8(2)13-11(16)9(14)10(15)12(13)17/h8,14-17H,3-7H2,1-2H3. The molecule has 98 valence electrons. The Morgan fingerprint density at radius 1 is 0.941 bits per heavy atom. The summed E-state index contributed by atoms with van der Waals surface area (Å²) < 4.78 is 1.15. The molecule has 0 aliphatic carbocycles. The lowest BCUT2D eigenvalue weighted by molar-refractivity contribution is 0.315. The van der Waals surface area contributed by atoms with Gasteiger partial charge < -0.3 is 20.4 Å². The first-order valence-corrected chi connectivity index (χ1v) is 6.04. The predicted molar refractivity (Wildman–Crippen MR) is 64.6 cm³/mol. The summed E-state index contributed by atoms with van der Waals surface area (Å²) in [7, 11) is 0. The summed E-state index contributed by atoms with van der Waals surface area (Å²) in [6.07, 6.45) is 5.16. The highest BCUT2D eigenvalue weighted by Crippen LogP contribution is 2.47. The normalized spacial score (nSPS) is 12.8. The van der Waals surface area contributed by atoms with E-state index in [1.807, 2.05) is 6.92 Å². The molecule has 0 saturated heterocycles. The molecule has 1 unspecified atom stereocenters. The summed E-state index contributed by atoms with van der Waals surface area (Å²) >= 11 is 0. The van der Waals surface area contributed by atoms with Crippen molar-refractivity contribution in [3.63, 3.8) is 0 Å². The van der Waals surface area contributed by atoms with Crippen LogP contribution in [0, 0.1) is 0 Å². The van der Waals surface area contributed by atoms with Crippen LogP contribution in [-0.4, -0.2) is 25.0 Å². The maximum atomic E-state index is 9.57. The van der Waals surface area contributed by atoms with E-state index in [1.54, 1.807) is 0 Å². The number of aromatic hydroxyl groups is 4. The molecule has 1 heterocycles. The molecule has 0 radical (unpaired) electrons. The van der Waals surface area contributed by atoms with E-state index in [0.29, 0.717) is 0 Å². The van der Waals surface area contributed by atoms with Crippen molar-refractivity contribution in [3.05, 3.63) is 0 Å². The first-order chi connectivity index (χ1) is 8.00. The van der Waals surface area contributed by atoms with Gasteiger partial charge in [0.2, 0.25) is 23.3 Å². The van der Waals surface area contributed by atoms with Crippen LogP contribution in [0.3, 0.4) is 0 Å². The molecule has 1 rings (SSSR count). The van der Waals surface area contributed by atoms with E-state index in [0.717, 1.165) is 36.7 Å². The van der Waals surface area contributed by atoms with E-state index in [1.165, 1.54) is 0 Å². The third kappa shape index (κ3) is 2.78. The van der Waals surface area contributed by atoms with Gasteiger partial charge in [-0.25, -0.2) is 0 Å². The summed E-state index contributed by atoms with van der Waals surface area (Å²) in [5.74, 6) is -2.29. The molecular formula is C12H21NO4. The Kier molecular flexibility index (Phi) is 4.54. The molecule has 0 aliphatic heterocycles. The molecule has 17 heavy (non-hydrogen) atoms. The Labute approximate surface area is 101 Å². The summed E-state index contributed by atoms with van der Waals surface area (Å²) in [6.45, 7) is 3.95. The van der Waals surface area contributed by atoms with Crippen LogP contribution in [0.1, 0.15) is 52.0 Å². The van der Waals surface area contributed by atoms with E-state index < -0.39 is 23.3 Å². The van der Waals surface area contributed by atoms with Crippen LogP contribution in [0.25, 0.3) is 0 Å². The van der Waals surface area contributed by atoms with Gasteiger partial charge in [0.05, 0.1) is 0 Å². The smallest absolute Gasteiger partial charge is 0.241 e. The second kappa shape index (κ2) is 5.70. The van der Waals surface area contributed by atoms with Crippen molar-refractivity contribution < 1.29 is 20.4 Å². The fraction of sp³-hybridized carbons (Fsp3) is 0.667. The van der Waals surface area contributed by atoms with Crippen molar-refractivity contribution in [3.8, 4) is 23.3 Å². The van der Waals surface area contributed by atoms with Crippen molar-refractivity contribution in [2.24, 2.45) is 0 Å². The number of hydrogen-bond acceptors (Lipinski definition) is 4. The number of aromatic nitrogens is 1. The molecule has 5 heteroatoms. The Morgan fingerprint density at radius 3 is 1.94 bits per heavy atom. The van der Waals surface area contributed by atoms with Crippen molar-refractivity contribution in [2.45, 2.75) is 52.0 Å². The van der Waals surface area contributed by atoms with Gasteiger partial charge in [-0.1, -0.05) is 32.6 Å². The van der Waals surface area contributed by atoms with Crippen molar-refractivity contribution in [2.75, 3.05) is 0 Å². The molecule has 0 amide bonds. The minimum Gasteiger partial charge on any atom is -0.500 e. The van der Waals surface area contributed by atoms with Crippen LogP contribution in [0.5, 0.6) is 23.3 Å². The number of unbranched alkanes of at least 4 members (excludes halogenated alkanes) is 3. The zero-order valence-corrected chi connectivity index (χ0v) is 10.3. The Hall–Kier alpha value is -1.52. The molecule has 5 nitrogen and oxygen atoms in total. The highest BCUT2D eigenvalue weighted by Gasteiger charge is 2.24. The fourth-order valence-electron chi connectivity index (χ4n) is 1.95. The quantitative estimate of drug-likeness (QED) is 0.579. The predicted octanol–water partition coefficient (Wildman–Crippen LogP) is 2.84. The molecule has 0 aliphatic rings. The van der Waals surface area contributed by atoms with Gasteiger partial charge in [0, 0.05) is 6.04 Å². The van der Waals surface area contributed by atoms with Gasteiger partial charge in [0.25, 0.3) is 0 Å². The molecule has 0 fully saturated rings. The summed E-state index contributed by atoms with van der Waals surface area (Å²) in [4.78, 5) is 0. The summed E-state index contributed by atoms with van der Waals surface area (Å²) in [5, 5.41) is 37.7. The molecule has 0 bridgehead atoms. The van der Waals surface area contributed by atoms with Crippen LogP contribution in [0.4, 0.5) is 0 Å². The maximum absolute atomic E-state index is 9.57. The Morgan fingerprint density at radius 2 is 1.47 bits per heavy atom. The van der Waals surface area contributed by atoms with Crippen molar-refractivity contribution >= 4 is 0 Å². The summed E-state index contributed by atoms with van der Waals surface area (Å²) in [5.41, 5.74) is 0. The minimum absolute atomic E-state index is 0.168. The highest BCUT2D eigenvalue weighted by molar-refractivity contribution is 5.54. The maximum Gasteiger partial charge on any atom is 0.241 e. The second-order valence-electron chi connectivity index (χ2n) is 4.41. The van der Waals surface area contributed by atoms with E-state index in [9.17, 15) is 20.4 Å². The molecule has 1 atom stereocenters. The highest BCUT2D eigenvalue weighted by atomic mass is 16.4. The van der Waals surface area contributed by atoms with E-state index >= 15 is 0 Å². The van der Waals surface area contributed by atoms with E-state index in [-0.39, 0.29) is 6.04 Å². The monoisotopic (exact) mass is 243 g/mol. The van der Waals surface area contributed by atoms with Gasteiger partial charge in [0.15, 0.2) is 0 Å². The second-order valence-corrected chi connectivity index (χ2v) is 4.41. The molecule has 1 aromatic heterocycles. The zero-order chi connectivity index (χ0) is 13.0. The largest absolute Gasteiger partial charge is 0.500 e. The average Bonchev–Trinajstić information content (AvgIpc) is 2.49. The van der Waals surface area contributed by atoms with Crippen LogP contribution >= 0.6 is 0 Å². The molecular weight excluding hydrogens is 222 g/mol. The van der Waals surface area contributed by atoms with Crippen molar-refractivity contribution in [1.29, 1.82) is 0 Å². The Bertz CT molecular complexity index is 348. The third-order valence-corrected chi connectivity index (χ3v) is 3.02. The van der Waals surface area contributed by atoms with Crippen molar-refractivity contribution in [1.82, 2.24) is 4.57 Å². The molecule has 4 N–H and O–H groups in total. The topological polar surface area (TPSA) is 85.9 Å². The summed E-state index contributed by atoms with van der Waals surface area (Å²) in [6, 6.07) is -0.168. The van der Waals surface area contributed by atoms with Crippen LogP contribution in [0.15, 0.2) is 0 Å². The van der Waals surface area contributed by atoms with Gasteiger partial charge in [-0.15, -0.1) is 0 Å². The third-order valence-electron chi connectivity index (χ3n) is 3.02. The number of rotatable bonds is 6. The van der Waals surface area contributed by atoms with Gasteiger partial charge in [-0.3, -0.25) is 4.57 Å². The molecule has 0 spiro atoms. The number of hydrogen-bond donors (Lipinski definition) is 4. The average molecular weight is 243 g/mol. The van der Waals surface area contributed by atoms with Gasteiger partial charge in [-0.2, -0.15) is 0 Å². The first kappa shape index (κ1) is 13.5. The van der Waals surface area contributed by atoms with Crippen LogP contribution in [-0.2, 0) is 0 Å². The van der Waals surface area contributed by atoms with E-state index in [4.69, 9.17) is 0 Å². The van der Waals surface area contributed by atoms with Gasteiger partial charge >= 0.3 is 0 Å². The fourth-order valence-corrected chi connectivity index (χ4v) is 1.95. The lowest BCUT2D eigenvalue weighted by atomic mass is 10.1. The lowest BCUT2D eigenvalue weighted by Gasteiger charge is -2.15. The zero-order valence-electron chi connectivity index (χ0n) is 10.3. The number of nitrogens with zero attached hydrogens (tertiary/aromatic N) is 1. The minimum atomic E-state index is -0.664. The van der Waals surface area contributed by atoms with E-state index in [2.05, 4.69) is 6.92 Å². The van der Waals surface area contributed by atoms with Crippen LogP contribution < -0.4 is 0 Å². The molecule has 1 aromatic rings. The first-order valence-electron chi connectivity index (χ1n) is 6.04. The SMILES string of the molecule is CCCCCCC(C)n1c(O)c(O)c(O)c1O. The van der Waals surface area contributed by atoms with Crippen LogP contribution in [0.2, 0.25) is 0 Å².